The summed E-state index contributed by atoms with van der Waals surface area (Å²) in [6, 6.07) is 0. The summed E-state index contributed by atoms with van der Waals surface area (Å²) >= 11 is 0. The highest BCUT2D eigenvalue weighted by atomic mass is 31.2. The van der Waals surface area contributed by atoms with Gasteiger partial charge < -0.3 is 33.8 Å². The quantitative estimate of drug-likeness (QED) is 0.0222. The Hall–Kier alpha value is -1.94. The van der Waals surface area contributed by atoms with Crippen LogP contribution in [0.3, 0.4) is 0 Å². The molecule has 19 heteroatoms. The van der Waals surface area contributed by atoms with Crippen molar-refractivity contribution in [2.45, 2.75) is 458 Å². The van der Waals surface area contributed by atoms with Crippen LogP contribution in [0, 0.1) is 11.8 Å². The molecule has 0 amide bonds. The van der Waals surface area contributed by atoms with Crippen LogP contribution in [-0.4, -0.2) is 96.7 Å². The van der Waals surface area contributed by atoms with E-state index >= 15 is 0 Å². The van der Waals surface area contributed by atoms with Gasteiger partial charge in [0, 0.05) is 25.7 Å². The molecule has 0 saturated heterocycles. The van der Waals surface area contributed by atoms with Crippen molar-refractivity contribution >= 4 is 39.5 Å². The van der Waals surface area contributed by atoms with Crippen molar-refractivity contribution in [1.82, 2.24) is 0 Å². The number of unbranched alkanes of at least 4 members (excludes halogenated alkanes) is 52. The molecule has 0 aliphatic heterocycles. The Balaban J connectivity index is 5.17. The van der Waals surface area contributed by atoms with Crippen LogP contribution in [0.25, 0.3) is 0 Å². The van der Waals surface area contributed by atoms with Crippen LogP contribution in [0.2, 0.25) is 0 Å². The standard InChI is InChI=1S/C83H162O17P2/c1-7-9-11-13-15-17-41-47-53-59-65-80(85)93-71-78(99-82(87)67-61-55-49-42-18-16-14-12-10-8-2)73-97-101(89,90)95-69-77(84)70-96-102(91,92)98-74-79(100-83(88)68-62-56-50-44-38-34-30-26-22-20-24-28-32-36-40-46-52-58-64-76(5)6)72-94-81(86)66-60-54-48-43-37-33-29-25-21-19-23-27-31-35-39-45-51-57-63-75(3)4/h75-79,84H,7-74H2,1-6H3,(H,89,90)(H,91,92)/t77-,78+,79+/m0/s1. The average Bonchev–Trinajstić information content (AvgIpc) is 0.914. The topological polar surface area (TPSA) is 237 Å². The van der Waals surface area contributed by atoms with E-state index in [1.54, 1.807) is 0 Å². The molecule has 17 nitrogen and oxygen atoms in total. The maximum Gasteiger partial charge on any atom is 0.472 e. The zero-order valence-electron chi connectivity index (χ0n) is 66.9. The summed E-state index contributed by atoms with van der Waals surface area (Å²) in [6.07, 6.45) is 65.4. The fraction of sp³-hybridized carbons (Fsp3) is 0.952. The summed E-state index contributed by atoms with van der Waals surface area (Å²) in [5.74, 6) is -0.464. The number of hydrogen-bond donors (Lipinski definition) is 3. The minimum atomic E-state index is -4.96. The lowest BCUT2D eigenvalue weighted by Crippen LogP contribution is -2.30. The fourth-order valence-electron chi connectivity index (χ4n) is 12.9. The molecule has 606 valence electrons. The highest BCUT2D eigenvalue weighted by molar-refractivity contribution is 7.47. The first-order chi connectivity index (χ1) is 49.4. The highest BCUT2D eigenvalue weighted by Crippen LogP contribution is 2.45. The van der Waals surface area contributed by atoms with E-state index in [0.717, 1.165) is 102 Å². The third-order valence-electron chi connectivity index (χ3n) is 19.5. The first-order valence-electron chi connectivity index (χ1n) is 43.0. The van der Waals surface area contributed by atoms with Crippen LogP contribution in [-0.2, 0) is 65.4 Å². The predicted octanol–water partition coefficient (Wildman–Crippen LogP) is 25.1. The van der Waals surface area contributed by atoms with Gasteiger partial charge in [0.05, 0.1) is 26.4 Å². The molecule has 0 aliphatic carbocycles. The molecule has 3 N–H and O–H groups in total. The summed E-state index contributed by atoms with van der Waals surface area (Å²) in [5.41, 5.74) is 0. The Morgan fingerprint density at radius 3 is 0.667 bits per heavy atom. The van der Waals surface area contributed by atoms with Gasteiger partial charge in [0.1, 0.15) is 19.3 Å². The molecule has 102 heavy (non-hydrogen) atoms. The molecule has 0 radical (unpaired) electrons. The summed E-state index contributed by atoms with van der Waals surface area (Å²) in [4.78, 5) is 73.0. The first-order valence-corrected chi connectivity index (χ1v) is 46.0. The zero-order valence-corrected chi connectivity index (χ0v) is 68.7. The number of ether oxygens (including phenoxy) is 4. The normalized spacial score (nSPS) is 13.9. The second kappa shape index (κ2) is 74.5. The second-order valence-corrected chi connectivity index (χ2v) is 33.7. The molecule has 0 fully saturated rings. The van der Waals surface area contributed by atoms with Crippen LogP contribution in [0.15, 0.2) is 0 Å². The van der Waals surface area contributed by atoms with Crippen LogP contribution >= 0.6 is 15.6 Å². The van der Waals surface area contributed by atoms with E-state index in [1.807, 2.05) is 0 Å². The molecule has 0 spiro atoms. The Morgan fingerprint density at radius 1 is 0.265 bits per heavy atom. The number of aliphatic hydroxyl groups is 1. The van der Waals surface area contributed by atoms with Crippen LogP contribution in [0.1, 0.15) is 440 Å². The minimum Gasteiger partial charge on any atom is -0.462 e. The monoisotopic (exact) mass is 1490 g/mol. The third kappa shape index (κ3) is 76.3. The summed E-state index contributed by atoms with van der Waals surface area (Å²) in [6.45, 7) is 9.70. The molecule has 2 unspecified atom stereocenters. The summed E-state index contributed by atoms with van der Waals surface area (Å²) in [7, 11) is -9.92. The lowest BCUT2D eigenvalue weighted by atomic mass is 10.0. The molecule has 0 aliphatic rings. The Morgan fingerprint density at radius 2 is 0.451 bits per heavy atom. The summed E-state index contributed by atoms with van der Waals surface area (Å²) < 4.78 is 68.7. The van der Waals surface area contributed by atoms with E-state index in [4.69, 9.17) is 37.0 Å². The van der Waals surface area contributed by atoms with E-state index in [0.29, 0.717) is 25.7 Å². The van der Waals surface area contributed by atoms with Crippen molar-refractivity contribution in [3.8, 4) is 0 Å². The Bertz CT molecular complexity index is 1960. The molecular weight excluding hydrogens is 1330 g/mol. The average molecular weight is 1490 g/mol. The van der Waals surface area contributed by atoms with Crippen molar-refractivity contribution < 1.29 is 80.2 Å². The van der Waals surface area contributed by atoms with Crippen LogP contribution in [0.4, 0.5) is 0 Å². The summed E-state index contributed by atoms with van der Waals surface area (Å²) in [5, 5.41) is 10.6. The van der Waals surface area contributed by atoms with Gasteiger partial charge in [0.15, 0.2) is 12.2 Å². The number of phosphoric acid groups is 2. The van der Waals surface area contributed by atoms with Crippen LogP contribution in [0.5, 0.6) is 0 Å². The van der Waals surface area contributed by atoms with E-state index in [1.165, 1.54) is 257 Å². The van der Waals surface area contributed by atoms with Gasteiger partial charge in [0.25, 0.3) is 0 Å². The van der Waals surface area contributed by atoms with Gasteiger partial charge >= 0.3 is 39.5 Å². The van der Waals surface area contributed by atoms with E-state index < -0.39 is 97.5 Å². The zero-order chi connectivity index (χ0) is 74.9. The molecule has 0 bridgehead atoms. The molecular formula is C83H162O17P2. The molecule has 5 atom stereocenters. The largest absolute Gasteiger partial charge is 0.472 e. The number of phosphoric ester groups is 2. The molecule has 0 aromatic heterocycles. The van der Waals surface area contributed by atoms with Gasteiger partial charge in [-0.25, -0.2) is 9.13 Å². The maximum absolute atomic E-state index is 13.1. The van der Waals surface area contributed by atoms with Crippen LogP contribution < -0.4 is 0 Å². The van der Waals surface area contributed by atoms with Gasteiger partial charge in [-0.2, -0.15) is 0 Å². The van der Waals surface area contributed by atoms with Crippen molar-refractivity contribution in [3.63, 3.8) is 0 Å². The molecule has 0 aromatic rings. The van der Waals surface area contributed by atoms with Gasteiger partial charge in [0.2, 0.25) is 0 Å². The van der Waals surface area contributed by atoms with E-state index in [9.17, 15) is 43.2 Å². The minimum absolute atomic E-state index is 0.107. The van der Waals surface area contributed by atoms with Gasteiger partial charge in [-0.1, -0.05) is 388 Å². The number of esters is 4. The molecule has 0 rings (SSSR count). The molecule has 0 heterocycles. The SMILES string of the molecule is CCCCCCCCCCCCC(=O)OC[C@H](COP(=O)(O)OC[C@H](O)COP(=O)(O)OC[C@@H](COC(=O)CCCCCCCCCCCCCCCCCCCCC(C)C)OC(=O)CCCCCCCCCCCCCCCCCCCCC(C)C)OC(=O)CCCCCCCCCCCC. The number of aliphatic hydroxyl groups excluding tert-OH is 1. The van der Waals surface area contributed by atoms with Gasteiger partial charge in [-0.15, -0.1) is 0 Å². The lowest BCUT2D eigenvalue weighted by molar-refractivity contribution is -0.161. The third-order valence-corrected chi connectivity index (χ3v) is 21.4. The predicted molar refractivity (Wildman–Crippen MR) is 418 cm³/mol. The second-order valence-electron chi connectivity index (χ2n) is 30.8. The van der Waals surface area contributed by atoms with Gasteiger partial charge in [-0.05, 0) is 37.5 Å². The van der Waals surface area contributed by atoms with Gasteiger partial charge in [-0.3, -0.25) is 37.3 Å². The number of hydrogen-bond acceptors (Lipinski definition) is 15. The van der Waals surface area contributed by atoms with Crippen molar-refractivity contribution in [1.29, 1.82) is 0 Å². The van der Waals surface area contributed by atoms with Crippen molar-refractivity contribution in [2.24, 2.45) is 11.8 Å². The van der Waals surface area contributed by atoms with Crippen molar-refractivity contribution in [2.75, 3.05) is 39.6 Å². The number of carbonyl (C=O) groups is 4. The first kappa shape index (κ1) is 100. The maximum atomic E-state index is 13.1. The Labute approximate surface area is 626 Å². The number of carbonyl (C=O) groups excluding carboxylic acids is 4. The smallest absolute Gasteiger partial charge is 0.462 e. The van der Waals surface area contributed by atoms with E-state index in [-0.39, 0.29) is 25.7 Å². The molecule has 0 aromatic carbocycles. The van der Waals surface area contributed by atoms with E-state index in [2.05, 4.69) is 41.5 Å². The fourth-order valence-corrected chi connectivity index (χ4v) is 14.5. The Kier molecular flexibility index (Phi) is 73.1. The molecule has 0 saturated carbocycles. The van der Waals surface area contributed by atoms with Crippen molar-refractivity contribution in [3.05, 3.63) is 0 Å². The number of rotatable bonds is 82. The highest BCUT2D eigenvalue weighted by Gasteiger charge is 2.30. The lowest BCUT2D eigenvalue weighted by Gasteiger charge is -2.21.